The third-order valence-corrected chi connectivity index (χ3v) is 1.16. The van der Waals surface area contributed by atoms with E-state index in [9.17, 15) is 0 Å². The summed E-state index contributed by atoms with van der Waals surface area (Å²) in [5, 5.41) is 9.08. The van der Waals surface area contributed by atoms with E-state index in [1.54, 1.807) is 6.92 Å². The van der Waals surface area contributed by atoms with Crippen molar-refractivity contribution in [2.75, 3.05) is 0 Å². The molecule has 1 aromatic rings. The summed E-state index contributed by atoms with van der Waals surface area (Å²) in [6.45, 7) is 5.53. The predicted molar refractivity (Wildman–Crippen MR) is 44.2 cm³/mol. The first-order chi connectivity index (χ1) is 5.58. The predicted octanol–water partition coefficient (Wildman–Crippen LogP) is 1.28. The minimum absolute atomic E-state index is 0.0196. The number of aromatic hydroxyl groups is 1. The van der Waals surface area contributed by atoms with Gasteiger partial charge in [-0.15, -0.1) is 0 Å². The molecule has 0 unspecified atom stereocenters. The number of ether oxygens (including phenoxy) is 1. The molecular weight excluding hydrogens is 156 g/mol. The van der Waals surface area contributed by atoms with Crippen LogP contribution in [0.1, 0.15) is 19.5 Å². The molecule has 0 aromatic carbocycles. The zero-order valence-corrected chi connectivity index (χ0v) is 7.40. The van der Waals surface area contributed by atoms with Crippen molar-refractivity contribution in [1.29, 1.82) is 0 Å². The molecule has 0 atom stereocenters. The van der Waals surface area contributed by atoms with Gasteiger partial charge < -0.3 is 9.84 Å². The lowest BCUT2D eigenvalue weighted by atomic mass is 10.4. The molecule has 0 aliphatic rings. The first-order valence-electron chi connectivity index (χ1n) is 3.79. The standard InChI is InChI=1S/C8H12N2O2/c1-5(2)12-8-9-6(3)4-7(11)10-8/h4-5H,1-3H3,(H,9,10,11). The van der Waals surface area contributed by atoms with Crippen LogP contribution in [0.4, 0.5) is 0 Å². The summed E-state index contributed by atoms with van der Waals surface area (Å²) in [6, 6.07) is 1.70. The third-order valence-electron chi connectivity index (χ3n) is 1.16. The molecule has 1 heterocycles. The molecule has 1 rings (SSSR count). The average molecular weight is 168 g/mol. The lowest BCUT2D eigenvalue weighted by molar-refractivity contribution is 0.218. The van der Waals surface area contributed by atoms with Crippen molar-refractivity contribution in [2.24, 2.45) is 0 Å². The highest BCUT2D eigenvalue weighted by Crippen LogP contribution is 2.12. The number of hydrogen-bond acceptors (Lipinski definition) is 4. The minimum Gasteiger partial charge on any atom is -0.493 e. The number of rotatable bonds is 2. The quantitative estimate of drug-likeness (QED) is 0.722. The second-order valence-electron chi connectivity index (χ2n) is 2.82. The maximum Gasteiger partial charge on any atom is 0.320 e. The molecule has 0 aliphatic heterocycles. The molecule has 0 radical (unpaired) electrons. The van der Waals surface area contributed by atoms with Crippen LogP contribution in [-0.4, -0.2) is 21.2 Å². The Morgan fingerprint density at radius 3 is 2.58 bits per heavy atom. The summed E-state index contributed by atoms with van der Waals surface area (Å²) >= 11 is 0. The Morgan fingerprint density at radius 2 is 2.08 bits per heavy atom. The summed E-state index contributed by atoms with van der Waals surface area (Å²) in [5.74, 6) is -0.0573. The van der Waals surface area contributed by atoms with E-state index in [1.807, 2.05) is 13.8 Å². The van der Waals surface area contributed by atoms with E-state index in [4.69, 9.17) is 9.84 Å². The molecule has 0 aliphatic carbocycles. The number of nitrogens with zero attached hydrogens (tertiary/aromatic N) is 2. The highest BCUT2D eigenvalue weighted by atomic mass is 16.5. The molecule has 1 N–H and O–H groups in total. The zero-order chi connectivity index (χ0) is 9.14. The van der Waals surface area contributed by atoms with Gasteiger partial charge in [-0.05, 0) is 20.8 Å². The van der Waals surface area contributed by atoms with E-state index >= 15 is 0 Å². The van der Waals surface area contributed by atoms with E-state index in [2.05, 4.69) is 9.97 Å². The van der Waals surface area contributed by atoms with Gasteiger partial charge in [-0.2, -0.15) is 4.98 Å². The maximum absolute atomic E-state index is 9.08. The second-order valence-corrected chi connectivity index (χ2v) is 2.82. The van der Waals surface area contributed by atoms with Crippen molar-refractivity contribution in [2.45, 2.75) is 26.9 Å². The summed E-state index contributed by atoms with van der Waals surface area (Å²) in [6.07, 6.45) is 0.0196. The van der Waals surface area contributed by atoms with Crippen LogP contribution in [-0.2, 0) is 0 Å². The van der Waals surface area contributed by atoms with Crippen LogP contribution in [0, 0.1) is 6.92 Å². The lowest BCUT2D eigenvalue weighted by Crippen LogP contribution is -2.08. The van der Waals surface area contributed by atoms with Crippen LogP contribution in [0.25, 0.3) is 0 Å². The van der Waals surface area contributed by atoms with Crippen molar-refractivity contribution in [3.8, 4) is 11.9 Å². The topological polar surface area (TPSA) is 55.2 Å². The smallest absolute Gasteiger partial charge is 0.320 e. The van der Waals surface area contributed by atoms with Crippen LogP contribution in [0.2, 0.25) is 0 Å². The fraction of sp³-hybridized carbons (Fsp3) is 0.500. The van der Waals surface area contributed by atoms with Crippen LogP contribution >= 0.6 is 0 Å². The van der Waals surface area contributed by atoms with Crippen molar-refractivity contribution >= 4 is 0 Å². The van der Waals surface area contributed by atoms with Gasteiger partial charge in [0.15, 0.2) is 0 Å². The maximum atomic E-state index is 9.08. The van der Waals surface area contributed by atoms with Crippen molar-refractivity contribution < 1.29 is 9.84 Å². The SMILES string of the molecule is Cc1cc(O)nc(OC(C)C)n1. The lowest BCUT2D eigenvalue weighted by Gasteiger charge is -2.07. The van der Waals surface area contributed by atoms with Gasteiger partial charge in [0, 0.05) is 11.8 Å². The monoisotopic (exact) mass is 168 g/mol. The first-order valence-corrected chi connectivity index (χ1v) is 3.79. The van der Waals surface area contributed by atoms with E-state index in [1.165, 1.54) is 6.07 Å². The zero-order valence-electron chi connectivity index (χ0n) is 7.40. The highest BCUT2D eigenvalue weighted by molar-refractivity contribution is 5.15. The van der Waals surface area contributed by atoms with Crippen molar-refractivity contribution in [1.82, 2.24) is 9.97 Å². The number of aromatic nitrogens is 2. The minimum atomic E-state index is -0.0573. The number of aryl methyl sites for hydroxylation is 1. The third kappa shape index (κ3) is 2.38. The van der Waals surface area contributed by atoms with Gasteiger partial charge in [-0.1, -0.05) is 0 Å². The largest absolute Gasteiger partial charge is 0.493 e. The van der Waals surface area contributed by atoms with Gasteiger partial charge in [-0.25, -0.2) is 4.98 Å². The summed E-state index contributed by atoms with van der Waals surface area (Å²) in [7, 11) is 0. The molecule has 1 aromatic heterocycles. The molecule has 4 heteroatoms. The molecule has 0 saturated heterocycles. The highest BCUT2D eigenvalue weighted by Gasteiger charge is 2.03. The first kappa shape index (κ1) is 8.77. The molecular formula is C8H12N2O2. The van der Waals surface area contributed by atoms with Gasteiger partial charge in [0.2, 0.25) is 5.88 Å². The Bertz CT molecular complexity index is 254. The Kier molecular flexibility index (Phi) is 2.47. The Hall–Kier alpha value is -1.32. The van der Waals surface area contributed by atoms with Gasteiger partial charge in [-0.3, -0.25) is 0 Å². The number of hydrogen-bond donors (Lipinski definition) is 1. The Labute approximate surface area is 71.2 Å². The molecule has 0 spiro atoms. The van der Waals surface area contributed by atoms with Gasteiger partial charge in [0.25, 0.3) is 0 Å². The van der Waals surface area contributed by atoms with Gasteiger partial charge >= 0.3 is 6.01 Å². The molecule has 12 heavy (non-hydrogen) atoms. The molecule has 4 nitrogen and oxygen atoms in total. The Balaban J connectivity index is 2.85. The van der Waals surface area contributed by atoms with E-state index in [-0.39, 0.29) is 18.0 Å². The molecule has 0 saturated carbocycles. The normalized spacial score (nSPS) is 10.3. The molecule has 66 valence electrons. The van der Waals surface area contributed by atoms with Crippen LogP contribution in [0.5, 0.6) is 11.9 Å². The van der Waals surface area contributed by atoms with Crippen LogP contribution < -0.4 is 4.74 Å². The van der Waals surface area contributed by atoms with Gasteiger partial charge in [0.1, 0.15) is 0 Å². The van der Waals surface area contributed by atoms with E-state index in [0.717, 1.165) is 0 Å². The molecule has 0 fully saturated rings. The summed E-state index contributed by atoms with van der Waals surface area (Å²) in [5.41, 5.74) is 0.693. The molecule has 0 bridgehead atoms. The summed E-state index contributed by atoms with van der Waals surface area (Å²) in [4.78, 5) is 7.68. The van der Waals surface area contributed by atoms with Gasteiger partial charge in [0.05, 0.1) is 6.10 Å². The van der Waals surface area contributed by atoms with Crippen LogP contribution in [0.3, 0.4) is 0 Å². The van der Waals surface area contributed by atoms with E-state index in [0.29, 0.717) is 5.69 Å². The van der Waals surface area contributed by atoms with Crippen molar-refractivity contribution in [3.05, 3.63) is 11.8 Å². The van der Waals surface area contributed by atoms with Crippen LogP contribution in [0.15, 0.2) is 6.07 Å². The fourth-order valence-electron chi connectivity index (χ4n) is 0.789. The van der Waals surface area contributed by atoms with Crippen molar-refractivity contribution in [3.63, 3.8) is 0 Å². The van der Waals surface area contributed by atoms with E-state index < -0.39 is 0 Å². The molecule has 0 amide bonds. The average Bonchev–Trinajstić information content (AvgIpc) is 1.81. The fourth-order valence-corrected chi connectivity index (χ4v) is 0.789. The summed E-state index contributed by atoms with van der Waals surface area (Å²) < 4.78 is 5.19. The second kappa shape index (κ2) is 3.38. The Morgan fingerprint density at radius 1 is 1.42 bits per heavy atom.